The topological polar surface area (TPSA) is 86.7 Å². The summed E-state index contributed by atoms with van der Waals surface area (Å²) in [5, 5.41) is 12.1. The molecule has 3 rings (SSSR count). The number of carbonyl (C=O) groups is 3. The Labute approximate surface area is 147 Å². The van der Waals surface area contributed by atoms with Crippen LogP contribution in [0.25, 0.3) is 0 Å². The second-order valence-corrected chi connectivity index (χ2v) is 6.87. The van der Waals surface area contributed by atoms with Crippen LogP contribution in [0.15, 0.2) is 18.2 Å². The second kappa shape index (κ2) is 7.25. The maximum Gasteiger partial charge on any atom is 0.306 e. The molecule has 2 atom stereocenters. The molecule has 2 unspecified atom stereocenters. The molecule has 1 aromatic rings. The van der Waals surface area contributed by atoms with Gasteiger partial charge in [-0.25, -0.2) is 0 Å². The van der Waals surface area contributed by atoms with E-state index in [0.717, 1.165) is 24.1 Å². The number of carbonyl (C=O) groups excluding carboxylic acids is 2. The van der Waals surface area contributed by atoms with Gasteiger partial charge in [0.15, 0.2) is 0 Å². The van der Waals surface area contributed by atoms with Crippen molar-refractivity contribution in [3.05, 3.63) is 23.8 Å². The Kier molecular flexibility index (Phi) is 5.06. The molecule has 2 amide bonds. The summed E-state index contributed by atoms with van der Waals surface area (Å²) in [4.78, 5) is 37.4. The van der Waals surface area contributed by atoms with Gasteiger partial charge in [0, 0.05) is 30.3 Å². The minimum absolute atomic E-state index is 0.106. The minimum Gasteiger partial charge on any atom is -0.481 e. The molecule has 1 aromatic carbocycles. The summed E-state index contributed by atoms with van der Waals surface area (Å²) in [5.74, 6) is -1.45. The van der Waals surface area contributed by atoms with Crippen LogP contribution in [0.2, 0.25) is 0 Å². The maximum absolute atomic E-state index is 12.5. The van der Waals surface area contributed by atoms with Crippen molar-refractivity contribution < 1.29 is 19.5 Å². The van der Waals surface area contributed by atoms with Gasteiger partial charge < -0.3 is 15.3 Å². The molecule has 6 heteroatoms. The molecule has 1 aliphatic carbocycles. The van der Waals surface area contributed by atoms with E-state index in [1.807, 2.05) is 25.1 Å². The molecule has 0 spiro atoms. The third kappa shape index (κ3) is 3.67. The van der Waals surface area contributed by atoms with E-state index in [2.05, 4.69) is 5.32 Å². The van der Waals surface area contributed by atoms with Gasteiger partial charge in [-0.1, -0.05) is 6.42 Å². The van der Waals surface area contributed by atoms with Crippen molar-refractivity contribution in [1.29, 1.82) is 0 Å². The number of fused-ring (bicyclic) bond motifs is 1. The zero-order chi connectivity index (χ0) is 18.0. The lowest BCUT2D eigenvalue weighted by molar-refractivity contribution is -0.143. The van der Waals surface area contributed by atoms with Gasteiger partial charge in [0.1, 0.15) is 0 Å². The van der Waals surface area contributed by atoms with E-state index in [1.54, 1.807) is 4.90 Å². The maximum atomic E-state index is 12.5. The zero-order valence-corrected chi connectivity index (χ0v) is 14.5. The van der Waals surface area contributed by atoms with E-state index in [9.17, 15) is 14.4 Å². The first-order chi connectivity index (χ1) is 12.0. The molecule has 1 heterocycles. The van der Waals surface area contributed by atoms with E-state index in [-0.39, 0.29) is 17.7 Å². The molecule has 0 bridgehead atoms. The molecule has 6 nitrogen and oxygen atoms in total. The molecule has 0 aromatic heterocycles. The fraction of sp³-hybridized carbons (Fsp3) is 0.526. The number of hydrogen-bond donors (Lipinski definition) is 2. The van der Waals surface area contributed by atoms with Crippen molar-refractivity contribution in [2.45, 2.75) is 45.4 Å². The van der Waals surface area contributed by atoms with Crippen molar-refractivity contribution in [1.82, 2.24) is 0 Å². The Morgan fingerprint density at radius 2 is 2.00 bits per heavy atom. The van der Waals surface area contributed by atoms with Gasteiger partial charge in [0.25, 0.3) is 0 Å². The Hall–Kier alpha value is -2.37. The first-order valence-corrected chi connectivity index (χ1v) is 8.96. The lowest BCUT2D eigenvalue weighted by Crippen LogP contribution is -2.35. The predicted molar refractivity (Wildman–Crippen MR) is 94.5 cm³/mol. The van der Waals surface area contributed by atoms with Crippen molar-refractivity contribution in [3.8, 4) is 0 Å². The summed E-state index contributed by atoms with van der Waals surface area (Å²) in [6, 6.07) is 5.63. The van der Waals surface area contributed by atoms with Gasteiger partial charge in [0.05, 0.1) is 5.92 Å². The molecule has 2 N–H and O–H groups in total. The van der Waals surface area contributed by atoms with Gasteiger partial charge in [-0.3, -0.25) is 14.4 Å². The molecule has 2 aliphatic rings. The largest absolute Gasteiger partial charge is 0.481 e. The Morgan fingerprint density at radius 1 is 1.24 bits per heavy atom. The zero-order valence-electron chi connectivity index (χ0n) is 14.5. The van der Waals surface area contributed by atoms with Crippen molar-refractivity contribution in [2.75, 3.05) is 16.8 Å². The standard InChI is InChI=1S/C19H24N2O4/c1-2-21-16-8-7-15(11-12(16)6-9-17(21)22)20-18(23)13-4-3-5-14(10-13)19(24)25/h7-8,11,13-14H,2-6,9-10H2,1H3,(H,20,23)(H,24,25). The summed E-state index contributed by atoms with van der Waals surface area (Å²) in [6.45, 7) is 2.58. The smallest absolute Gasteiger partial charge is 0.306 e. The third-order valence-electron chi connectivity index (χ3n) is 5.26. The van der Waals surface area contributed by atoms with E-state index >= 15 is 0 Å². The number of aryl methyl sites for hydroxylation is 1. The summed E-state index contributed by atoms with van der Waals surface area (Å²) < 4.78 is 0. The van der Waals surface area contributed by atoms with Crippen molar-refractivity contribution in [3.63, 3.8) is 0 Å². The number of nitrogens with one attached hydrogen (secondary N) is 1. The van der Waals surface area contributed by atoms with E-state index < -0.39 is 11.9 Å². The van der Waals surface area contributed by atoms with E-state index in [1.165, 1.54) is 0 Å². The molecule has 134 valence electrons. The lowest BCUT2D eigenvalue weighted by atomic mass is 9.81. The number of rotatable bonds is 4. The first kappa shape index (κ1) is 17.5. The van der Waals surface area contributed by atoms with Gasteiger partial charge in [-0.05, 0) is 56.4 Å². The molecule has 1 saturated carbocycles. The SMILES string of the molecule is CCN1C(=O)CCc2cc(NC(=O)C3CCCC(C(=O)O)C3)ccc21. The fourth-order valence-corrected chi connectivity index (χ4v) is 3.88. The Balaban J connectivity index is 1.70. The number of aliphatic carboxylic acids is 1. The van der Waals surface area contributed by atoms with E-state index in [4.69, 9.17) is 5.11 Å². The number of benzene rings is 1. The van der Waals surface area contributed by atoms with Crippen LogP contribution < -0.4 is 10.2 Å². The molecule has 0 saturated heterocycles. The van der Waals surface area contributed by atoms with Crippen LogP contribution in [-0.2, 0) is 20.8 Å². The van der Waals surface area contributed by atoms with Crippen molar-refractivity contribution in [2.24, 2.45) is 11.8 Å². The minimum atomic E-state index is -0.810. The second-order valence-electron chi connectivity index (χ2n) is 6.87. The number of hydrogen-bond acceptors (Lipinski definition) is 3. The monoisotopic (exact) mass is 344 g/mol. The molecule has 25 heavy (non-hydrogen) atoms. The van der Waals surface area contributed by atoms with Gasteiger partial charge in [0.2, 0.25) is 11.8 Å². The van der Waals surface area contributed by atoms with Crippen LogP contribution in [0.4, 0.5) is 11.4 Å². The molecule has 0 radical (unpaired) electrons. The molecule has 1 fully saturated rings. The molecular weight excluding hydrogens is 320 g/mol. The van der Waals surface area contributed by atoms with Crippen LogP contribution in [0.1, 0.15) is 44.6 Å². The number of anilines is 2. The highest BCUT2D eigenvalue weighted by atomic mass is 16.4. The van der Waals surface area contributed by atoms with Gasteiger partial charge in [-0.2, -0.15) is 0 Å². The van der Waals surface area contributed by atoms with Crippen LogP contribution in [-0.4, -0.2) is 29.4 Å². The normalized spacial score (nSPS) is 23.1. The van der Waals surface area contributed by atoms with Gasteiger partial charge >= 0.3 is 5.97 Å². The van der Waals surface area contributed by atoms with Crippen LogP contribution >= 0.6 is 0 Å². The number of carboxylic acid groups (broad SMARTS) is 1. The average Bonchev–Trinajstić information content (AvgIpc) is 2.62. The van der Waals surface area contributed by atoms with E-state index in [0.29, 0.717) is 37.9 Å². The average molecular weight is 344 g/mol. The highest BCUT2D eigenvalue weighted by Crippen LogP contribution is 2.32. The van der Waals surface area contributed by atoms with Crippen LogP contribution in [0.5, 0.6) is 0 Å². The quantitative estimate of drug-likeness (QED) is 0.879. The molecular formula is C19H24N2O4. The number of carboxylic acids is 1. The Bertz CT molecular complexity index is 701. The predicted octanol–water partition coefficient (Wildman–Crippen LogP) is 2.82. The number of amides is 2. The summed E-state index contributed by atoms with van der Waals surface area (Å²) in [7, 11) is 0. The fourth-order valence-electron chi connectivity index (χ4n) is 3.88. The molecule has 1 aliphatic heterocycles. The summed E-state index contributed by atoms with van der Waals surface area (Å²) in [5.41, 5.74) is 2.69. The summed E-state index contributed by atoms with van der Waals surface area (Å²) in [6.07, 6.45) is 3.73. The first-order valence-electron chi connectivity index (χ1n) is 8.96. The van der Waals surface area contributed by atoms with Crippen LogP contribution in [0.3, 0.4) is 0 Å². The Morgan fingerprint density at radius 3 is 2.72 bits per heavy atom. The highest BCUT2D eigenvalue weighted by molar-refractivity contribution is 5.98. The van der Waals surface area contributed by atoms with Crippen LogP contribution in [0, 0.1) is 11.8 Å². The van der Waals surface area contributed by atoms with Crippen molar-refractivity contribution >= 4 is 29.2 Å². The summed E-state index contributed by atoms with van der Waals surface area (Å²) >= 11 is 0. The number of nitrogens with zero attached hydrogens (tertiary/aromatic N) is 1. The lowest BCUT2D eigenvalue weighted by Gasteiger charge is -2.29. The third-order valence-corrected chi connectivity index (χ3v) is 5.26. The van der Waals surface area contributed by atoms with Gasteiger partial charge in [-0.15, -0.1) is 0 Å². The highest BCUT2D eigenvalue weighted by Gasteiger charge is 2.31.